The van der Waals surface area contributed by atoms with E-state index in [9.17, 15) is 23.1 Å². The minimum absolute atomic E-state index is 0.0342. The largest absolute Gasteiger partial charge is 0.496 e. The van der Waals surface area contributed by atoms with Crippen LogP contribution in [0.2, 0.25) is 5.02 Å². The molecule has 2 aromatic carbocycles. The van der Waals surface area contributed by atoms with E-state index in [0.29, 0.717) is 0 Å². The molecule has 0 aromatic heterocycles. The van der Waals surface area contributed by atoms with Crippen LogP contribution in [-0.4, -0.2) is 18.1 Å². The second kappa shape index (κ2) is 5.39. The van der Waals surface area contributed by atoms with Gasteiger partial charge >= 0.3 is 6.18 Å². The number of carbonyl (C=O) groups excluding carboxylic acids is 1. The Morgan fingerprint density at radius 2 is 1.88 bits per heavy atom. The first-order valence-electron chi connectivity index (χ1n) is 6.77. The van der Waals surface area contributed by atoms with E-state index in [1.165, 1.54) is 25.3 Å². The lowest BCUT2D eigenvalue weighted by molar-refractivity contribution is -0.138. The molecule has 1 amide bonds. The van der Waals surface area contributed by atoms with E-state index in [0.717, 1.165) is 18.2 Å². The van der Waals surface area contributed by atoms with Crippen LogP contribution in [0.5, 0.6) is 5.75 Å². The first-order chi connectivity index (χ1) is 11.2. The number of halogens is 4. The van der Waals surface area contributed by atoms with Gasteiger partial charge in [0.15, 0.2) is 5.60 Å². The summed E-state index contributed by atoms with van der Waals surface area (Å²) in [5.74, 6) is -0.750. The van der Waals surface area contributed by atoms with Crippen molar-refractivity contribution in [2.45, 2.75) is 11.8 Å². The summed E-state index contributed by atoms with van der Waals surface area (Å²) < 4.78 is 44.1. The first kappa shape index (κ1) is 16.6. The minimum atomic E-state index is -4.61. The molecule has 1 atom stereocenters. The molecule has 24 heavy (non-hydrogen) atoms. The summed E-state index contributed by atoms with van der Waals surface area (Å²) in [6, 6.07) is 6.87. The number of aliphatic hydroxyl groups is 1. The Bertz CT molecular complexity index is 838. The van der Waals surface area contributed by atoms with Crippen LogP contribution in [0, 0.1) is 0 Å². The van der Waals surface area contributed by atoms with E-state index in [1.54, 1.807) is 0 Å². The van der Waals surface area contributed by atoms with Gasteiger partial charge in [0, 0.05) is 21.8 Å². The zero-order valence-electron chi connectivity index (χ0n) is 12.2. The third-order valence-corrected chi connectivity index (χ3v) is 4.10. The number of hydrogen-bond acceptors (Lipinski definition) is 3. The summed E-state index contributed by atoms with van der Waals surface area (Å²) >= 11 is 5.91. The van der Waals surface area contributed by atoms with E-state index in [1.807, 2.05) is 0 Å². The van der Waals surface area contributed by atoms with Gasteiger partial charge in [-0.05, 0) is 36.4 Å². The van der Waals surface area contributed by atoms with Gasteiger partial charge in [0.2, 0.25) is 0 Å². The van der Waals surface area contributed by atoms with Gasteiger partial charge in [-0.25, -0.2) is 0 Å². The van der Waals surface area contributed by atoms with E-state index in [2.05, 4.69) is 5.32 Å². The summed E-state index contributed by atoms with van der Waals surface area (Å²) in [6.45, 7) is 0. The van der Waals surface area contributed by atoms with Gasteiger partial charge in [-0.3, -0.25) is 4.79 Å². The molecule has 1 heterocycles. The highest BCUT2D eigenvalue weighted by Gasteiger charge is 2.49. The number of benzene rings is 2. The van der Waals surface area contributed by atoms with Crippen LogP contribution in [0.4, 0.5) is 18.9 Å². The van der Waals surface area contributed by atoms with Crippen LogP contribution in [0.1, 0.15) is 16.7 Å². The summed E-state index contributed by atoms with van der Waals surface area (Å²) in [5.41, 5.74) is -3.46. The summed E-state index contributed by atoms with van der Waals surface area (Å²) in [6.07, 6.45) is -4.61. The zero-order chi connectivity index (χ0) is 17.7. The van der Waals surface area contributed by atoms with Gasteiger partial charge in [-0.15, -0.1) is 0 Å². The van der Waals surface area contributed by atoms with Crippen LogP contribution >= 0.6 is 11.6 Å². The molecular weight excluding hydrogens is 347 g/mol. The molecule has 0 saturated carbocycles. The molecule has 0 radical (unpaired) electrons. The molecule has 126 valence electrons. The standard InChI is InChI=1S/C16H11ClF3NO3/c1-24-13-5-3-9(17)7-11(13)15(23)10-6-8(16(18,19)20)2-4-12(10)21-14(15)22/h2-7,23H,1H3,(H,21,22). The second-order valence-corrected chi connectivity index (χ2v) is 5.70. The Morgan fingerprint density at radius 3 is 2.50 bits per heavy atom. The molecule has 0 aliphatic carbocycles. The van der Waals surface area contributed by atoms with Crippen LogP contribution in [0.3, 0.4) is 0 Å². The lowest BCUT2D eigenvalue weighted by Gasteiger charge is -2.24. The maximum absolute atomic E-state index is 13.0. The molecular formula is C16H11ClF3NO3. The van der Waals surface area contributed by atoms with Crippen molar-refractivity contribution in [2.75, 3.05) is 12.4 Å². The average Bonchev–Trinajstić information content (AvgIpc) is 2.78. The van der Waals surface area contributed by atoms with Crippen molar-refractivity contribution >= 4 is 23.2 Å². The molecule has 1 aliphatic rings. The number of nitrogens with one attached hydrogen (secondary N) is 1. The number of amides is 1. The molecule has 2 aromatic rings. The fourth-order valence-electron chi connectivity index (χ4n) is 2.69. The van der Waals surface area contributed by atoms with E-state index in [-0.39, 0.29) is 27.6 Å². The Morgan fingerprint density at radius 1 is 1.17 bits per heavy atom. The topological polar surface area (TPSA) is 58.6 Å². The number of fused-ring (bicyclic) bond motifs is 1. The maximum atomic E-state index is 13.0. The quantitative estimate of drug-likeness (QED) is 0.864. The third kappa shape index (κ3) is 2.40. The molecule has 0 fully saturated rings. The van der Waals surface area contributed by atoms with Crippen molar-refractivity contribution in [3.63, 3.8) is 0 Å². The van der Waals surface area contributed by atoms with Crippen LogP contribution < -0.4 is 10.1 Å². The summed E-state index contributed by atoms with van der Waals surface area (Å²) in [4.78, 5) is 12.4. The fraction of sp³-hybridized carbons (Fsp3) is 0.188. The number of ether oxygens (including phenoxy) is 1. The van der Waals surface area contributed by atoms with Crippen LogP contribution in [-0.2, 0) is 16.6 Å². The van der Waals surface area contributed by atoms with Crippen LogP contribution in [0.15, 0.2) is 36.4 Å². The highest BCUT2D eigenvalue weighted by molar-refractivity contribution is 6.30. The monoisotopic (exact) mass is 357 g/mol. The SMILES string of the molecule is COc1ccc(Cl)cc1C1(O)C(=O)Nc2ccc(C(F)(F)F)cc21. The number of rotatable bonds is 2. The zero-order valence-corrected chi connectivity index (χ0v) is 13.0. The molecule has 0 spiro atoms. The lowest BCUT2D eigenvalue weighted by Crippen LogP contribution is -2.35. The van der Waals surface area contributed by atoms with Gasteiger partial charge in [-0.1, -0.05) is 11.6 Å². The number of methoxy groups -OCH3 is 1. The van der Waals surface area contributed by atoms with Gasteiger partial charge in [0.05, 0.1) is 12.7 Å². The van der Waals surface area contributed by atoms with Gasteiger partial charge in [0.1, 0.15) is 5.75 Å². The highest BCUT2D eigenvalue weighted by atomic mass is 35.5. The molecule has 0 bridgehead atoms. The van der Waals surface area contributed by atoms with Crippen molar-refractivity contribution in [2.24, 2.45) is 0 Å². The summed E-state index contributed by atoms with van der Waals surface area (Å²) in [7, 11) is 1.32. The normalized spacial score (nSPS) is 19.8. The van der Waals surface area contributed by atoms with Gasteiger partial charge < -0.3 is 15.2 Å². The van der Waals surface area contributed by atoms with E-state index in [4.69, 9.17) is 16.3 Å². The molecule has 1 unspecified atom stereocenters. The summed E-state index contributed by atoms with van der Waals surface area (Å²) in [5, 5.41) is 13.6. The van der Waals surface area contributed by atoms with Crippen molar-refractivity contribution < 1.29 is 27.8 Å². The third-order valence-electron chi connectivity index (χ3n) is 3.86. The Balaban J connectivity index is 2.27. The molecule has 3 rings (SSSR count). The number of carbonyl (C=O) groups is 1. The predicted octanol–water partition coefficient (Wildman–Crippen LogP) is 3.56. The first-order valence-corrected chi connectivity index (χ1v) is 7.15. The Labute approximate surface area is 139 Å². The van der Waals surface area contributed by atoms with Crippen molar-refractivity contribution in [1.29, 1.82) is 0 Å². The molecule has 8 heteroatoms. The number of hydrogen-bond donors (Lipinski definition) is 2. The van der Waals surface area contributed by atoms with Crippen LogP contribution in [0.25, 0.3) is 0 Å². The fourth-order valence-corrected chi connectivity index (χ4v) is 2.87. The van der Waals surface area contributed by atoms with E-state index < -0.39 is 23.2 Å². The molecule has 4 nitrogen and oxygen atoms in total. The number of alkyl halides is 3. The maximum Gasteiger partial charge on any atom is 0.416 e. The van der Waals surface area contributed by atoms with Crippen molar-refractivity contribution in [3.05, 3.63) is 58.1 Å². The van der Waals surface area contributed by atoms with E-state index >= 15 is 0 Å². The minimum Gasteiger partial charge on any atom is -0.496 e. The second-order valence-electron chi connectivity index (χ2n) is 5.27. The molecule has 1 aliphatic heterocycles. The number of anilines is 1. The highest BCUT2D eigenvalue weighted by Crippen LogP contribution is 2.46. The predicted molar refractivity (Wildman–Crippen MR) is 81.1 cm³/mol. The van der Waals surface area contributed by atoms with Gasteiger partial charge in [-0.2, -0.15) is 13.2 Å². The van der Waals surface area contributed by atoms with Crippen molar-refractivity contribution in [1.82, 2.24) is 0 Å². The lowest BCUT2D eigenvalue weighted by atomic mass is 9.86. The Kier molecular flexibility index (Phi) is 3.73. The Hall–Kier alpha value is -2.25. The smallest absolute Gasteiger partial charge is 0.416 e. The molecule has 2 N–H and O–H groups in total. The molecule has 0 saturated heterocycles. The van der Waals surface area contributed by atoms with Crippen molar-refractivity contribution in [3.8, 4) is 5.75 Å². The van der Waals surface area contributed by atoms with Gasteiger partial charge in [0.25, 0.3) is 5.91 Å². The average molecular weight is 358 g/mol.